The van der Waals surface area contributed by atoms with Crippen molar-refractivity contribution in [1.82, 2.24) is 19.5 Å². The van der Waals surface area contributed by atoms with E-state index in [1.165, 1.54) is 0 Å². The fraction of sp³-hybridized carbons (Fsp3) is 0.203. The summed E-state index contributed by atoms with van der Waals surface area (Å²) in [6.07, 6.45) is 2.41. The average Bonchev–Trinajstić information content (AvgIpc) is 3.86. The van der Waals surface area contributed by atoms with Crippen LogP contribution in [0.1, 0.15) is 57.5 Å². The number of aromatic nitrogens is 4. The maximum absolute atomic E-state index is 14.4. The Hall–Kier alpha value is -7.84. The normalized spacial score (nSPS) is 12.7. The topological polar surface area (TPSA) is 147 Å². The molecular weight excluding hydrogens is 923 g/mol. The average molecular weight is 980 g/mol. The lowest BCUT2D eigenvalue weighted by Crippen LogP contribution is -2.40. The number of benzene rings is 7. The van der Waals surface area contributed by atoms with Gasteiger partial charge in [0.15, 0.2) is 11.2 Å². The summed E-state index contributed by atoms with van der Waals surface area (Å²) < 4.78 is 53.4. The van der Waals surface area contributed by atoms with Crippen molar-refractivity contribution >= 4 is 27.2 Å². The number of anilines is 1. The Balaban J connectivity index is 1.15. The minimum absolute atomic E-state index is 0.0721. The van der Waals surface area contributed by atoms with Crippen LogP contribution >= 0.6 is 0 Å². The SMILES string of the molecule is COc1ccc(CC(COS(=O)(=O)c2ccc(C)cc2)CC(COC(c2ccccc2)c2ccccc2)n2cnc3c(=O)[nH]c(NC(Cc4ccc(OC)cc4)(c4ccccc4)c4ccccc4)nc32)cc1. The van der Waals surface area contributed by atoms with Crippen molar-refractivity contribution in [3.8, 4) is 11.5 Å². The Labute approximate surface area is 420 Å². The van der Waals surface area contributed by atoms with Crippen molar-refractivity contribution in [2.75, 3.05) is 32.8 Å². The van der Waals surface area contributed by atoms with Crippen molar-refractivity contribution < 1.29 is 26.8 Å². The number of ether oxygens (including phenoxy) is 3. The summed E-state index contributed by atoms with van der Waals surface area (Å²) in [7, 11) is -0.881. The molecule has 2 heterocycles. The van der Waals surface area contributed by atoms with Crippen LogP contribution in [0.5, 0.6) is 11.5 Å². The Morgan fingerprint density at radius 2 is 1.18 bits per heavy atom. The van der Waals surface area contributed by atoms with Crippen LogP contribution in [0.25, 0.3) is 11.2 Å². The summed E-state index contributed by atoms with van der Waals surface area (Å²) in [4.78, 5) is 27.4. The molecule has 0 saturated heterocycles. The number of aromatic amines is 1. The van der Waals surface area contributed by atoms with Gasteiger partial charge in [0.1, 0.15) is 17.6 Å². The Morgan fingerprint density at radius 3 is 1.72 bits per heavy atom. The first-order valence-corrected chi connectivity index (χ1v) is 25.3. The largest absolute Gasteiger partial charge is 0.497 e. The highest BCUT2D eigenvalue weighted by Crippen LogP contribution is 2.38. The maximum Gasteiger partial charge on any atom is 0.296 e. The van der Waals surface area contributed by atoms with E-state index in [2.05, 4.69) is 39.6 Å². The smallest absolute Gasteiger partial charge is 0.296 e. The van der Waals surface area contributed by atoms with Crippen LogP contribution in [0.2, 0.25) is 0 Å². The number of nitrogens with one attached hydrogen (secondary N) is 2. The van der Waals surface area contributed by atoms with E-state index in [9.17, 15) is 13.2 Å². The second-order valence-electron chi connectivity index (χ2n) is 17.9. The zero-order valence-electron chi connectivity index (χ0n) is 40.4. The van der Waals surface area contributed by atoms with Gasteiger partial charge in [0.2, 0.25) is 5.95 Å². The predicted molar refractivity (Wildman–Crippen MR) is 281 cm³/mol. The maximum atomic E-state index is 14.4. The van der Waals surface area contributed by atoms with Gasteiger partial charge in [-0.25, -0.2) is 4.98 Å². The van der Waals surface area contributed by atoms with Gasteiger partial charge >= 0.3 is 0 Å². The zero-order chi connectivity index (χ0) is 49.9. The van der Waals surface area contributed by atoms with E-state index in [0.717, 1.165) is 44.7 Å². The molecule has 0 aliphatic carbocycles. The molecule has 0 bridgehead atoms. The van der Waals surface area contributed by atoms with E-state index in [-0.39, 0.29) is 29.6 Å². The van der Waals surface area contributed by atoms with Gasteiger partial charge in [0, 0.05) is 6.42 Å². The van der Waals surface area contributed by atoms with Crippen LogP contribution < -0.4 is 20.3 Å². The number of nitrogens with zero attached hydrogens (tertiary/aromatic N) is 3. The summed E-state index contributed by atoms with van der Waals surface area (Å²) >= 11 is 0. The minimum Gasteiger partial charge on any atom is -0.497 e. The minimum atomic E-state index is -4.14. The highest BCUT2D eigenvalue weighted by atomic mass is 32.2. The van der Waals surface area contributed by atoms with Crippen LogP contribution in [-0.4, -0.2) is 55.4 Å². The van der Waals surface area contributed by atoms with Gasteiger partial charge in [-0.05, 0) is 95.5 Å². The van der Waals surface area contributed by atoms with Gasteiger partial charge in [0.05, 0.1) is 50.2 Å². The quantitative estimate of drug-likeness (QED) is 0.0629. The van der Waals surface area contributed by atoms with Gasteiger partial charge in [-0.3, -0.25) is 14.0 Å². The lowest BCUT2D eigenvalue weighted by Gasteiger charge is -2.37. The van der Waals surface area contributed by atoms with E-state index >= 15 is 0 Å². The van der Waals surface area contributed by atoms with Crippen LogP contribution in [0.3, 0.4) is 0 Å². The van der Waals surface area contributed by atoms with Gasteiger partial charge in [-0.1, -0.05) is 163 Å². The predicted octanol–water partition coefficient (Wildman–Crippen LogP) is 11.0. The van der Waals surface area contributed by atoms with Crippen molar-refractivity contribution in [2.24, 2.45) is 5.92 Å². The molecule has 0 spiro atoms. The second-order valence-corrected chi connectivity index (χ2v) is 19.5. The molecule has 0 aliphatic rings. The Kier molecular flexibility index (Phi) is 15.4. The zero-order valence-corrected chi connectivity index (χ0v) is 41.2. The molecule has 2 N–H and O–H groups in total. The highest BCUT2D eigenvalue weighted by Gasteiger charge is 2.36. The molecule has 13 heteroatoms. The van der Waals surface area contributed by atoms with Crippen molar-refractivity contribution in [3.63, 3.8) is 0 Å². The standard InChI is InChI=1S/C59H57N5O7S/c1-42-24-34-53(35-25-42)72(66,67)71-39-45(36-43-26-30-51(68-2)31-27-43)37-50(40-70-55(46-16-8-4-9-17-46)47-18-10-5-11-19-47)64-41-60-54-56(64)61-58(62-57(54)65)63-59(48-20-12-6-13-21-48,49-22-14-7-15-23-49)38-44-28-32-52(69-3)33-29-44/h4-35,41,45,50,55H,36-40H2,1-3H3,(H2,61,62,63,65). The van der Waals surface area contributed by atoms with E-state index < -0.39 is 39.3 Å². The number of imidazole rings is 1. The molecule has 2 aromatic heterocycles. The van der Waals surface area contributed by atoms with Gasteiger partial charge < -0.3 is 24.1 Å². The molecule has 366 valence electrons. The van der Waals surface area contributed by atoms with E-state index in [0.29, 0.717) is 30.7 Å². The number of fused-ring (bicyclic) bond motifs is 1. The summed E-state index contributed by atoms with van der Waals surface area (Å²) in [5, 5.41) is 3.76. The molecule has 0 radical (unpaired) electrons. The van der Waals surface area contributed by atoms with Gasteiger partial charge in [-0.15, -0.1) is 0 Å². The van der Waals surface area contributed by atoms with Crippen molar-refractivity contribution in [1.29, 1.82) is 0 Å². The van der Waals surface area contributed by atoms with Crippen LogP contribution in [0.4, 0.5) is 5.95 Å². The molecule has 7 aromatic carbocycles. The summed E-state index contributed by atoms with van der Waals surface area (Å²) in [6, 6.07) is 61.9. The van der Waals surface area contributed by atoms with E-state index in [4.69, 9.17) is 23.4 Å². The number of hydrogen-bond donors (Lipinski definition) is 2. The lowest BCUT2D eigenvalue weighted by atomic mass is 9.78. The first kappa shape index (κ1) is 49.2. The third-order valence-corrected chi connectivity index (χ3v) is 14.3. The molecule has 72 heavy (non-hydrogen) atoms. The summed E-state index contributed by atoms with van der Waals surface area (Å²) in [6.45, 7) is 1.88. The third-order valence-electron chi connectivity index (χ3n) is 13.0. The molecule has 2 unspecified atom stereocenters. The van der Waals surface area contributed by atoms with E-state index in [1.807, 2.05) is 157 Å². The molecule has 9 rings (SSSR count). The molecular formula is C59H57N5O7S. The van der Waals surface area contributed by atoms with Gasteiger partial charge in [0.25, 0.3) is 15.7 Å². The Bertz CT molecular complexity index is 3240. The fourth-order valence-corrected chi connectivity index (χ4v) is 10.2. The number of rotatable bonds is 22. The molecule has 12 nitrogen and oxygen atoms in total. The molecule has 0 amide bonds. The van der Waals surface area contributed by atoms with Crippen LogP contribution in [0.15, 0.2) is 210 Å². The number of methoxy groups -OCH3 is 2. The molecule has 2 atom stereocenters. The van der Waals surface area contributed by atoms with Crippen LogP contribution in [-0.2, 0) is 37.4 Å². The summed E-state index contributed by atoms with van der Waals surface area (Å²) in [5.74, 6) is 1.27. The molecule has 0 saturated carbocycles. The lowest BCUT2D eigenvalue weighted by molar-refractivity contribution is 0.0468. The fourth-order valence-electron chi connectivity index (χ4n) is 9.27. The third kappa shape index (κ3) is 11.5. The number of H-pyrrole nitrogens is 1. The molecule has 0 fully saturated rings. The van der Waals surface area contributed by atoms with Crippen LogP contribution in [0, 0.1) is 12.8 Å². The molecule has 9 aromatic rings. The number of hydrogen-bond acceptors (Lipinski definition) is 10. The first-order chi connectivity index (χ1) is 35.1. The van der Waals surface area contributed by atoms with E-state index in [1.54, 1.807) is 44.8 Å². The first-order valence-electron chi connectivity index (χ1n) is 23.9. The van der Waals surface area contributed by atoms with Crippen molar-refractivity contribution in [2.45, 2.75) is 48.8 Å². The summed E-state index contributed by atoms with van der Waals surface area (Å²) in [5.41, 5.74) is 5.80. The second kappa shape index (κ2) is 22.5. The highest BCUT2D eigenvalue weighted by molar-refractivity contribution is 7.86. The van der Waals surface area contributed by atoms with Gasteiger partial charge in [-0.2, -0.15) is 13.4 Å². The number of aryl methyl sites for hydroxylation is 1. The monoisotopic (exact) mass is 979 g/mol. The Morgan fingerprint density at radius 1 is 0.653 bits per heavy atom. The van der Waals surface area contributed by atoms with Crippen molar-refractivity contribution in [3.05, 3.63) is 250 Å². The molecule has 0 aliphatic heterocycles.